The summed E-state index contributed by atoms with van der Waals surface area (Å²) in [6.45, 7) is 9.73. The van der Waals surface area contributed by atoms with Crippen molar-refractivity contribution in [2.24, 2.45) is 0 Å². The van der Waals surface area contributed by atoms with E-state index in [2.05, 4.69) is 36.1 Å². The summed E-state index contributed by atoms with van der Waals surface area (Å²) in [5.74, 6) is 0. The van der Waals surface area contributed by atoms with Crippen LogP contribution in [0, 0.1) is 20.8 Å². The van der Waals surface area contributed by atoms with E-state index in [-0.39, 0.29) is 0 Å². The van der Waals surface area contributed by atoms with Gasteiger partial charge in [-0.05, 0) is 62.6 Å². The van der Waals surface area contributed by atoms with Gasteiger partial charge in [-0.3, -0.25) is 4.90 Å². The van der Waals surface area contributed by atoms with Crippen LogP contribution in [0.15, 0.2) is 47.4 Å². The molecule has 5 heteroatoms. The van der Waals surface area contributed by atoms with Crippen molar-refractivity contribution in [3.63, 3.8) is 0 Å². The third-order valence-corrected chi connectivity index (χ3v) is 7.09. The fraction of sp³-hybridized carbons (Fsp3) is 0.429. The van der Waals surface area contributed by atoms with Crippen molar-refractivity contribution in [1.82, 2.24) is 9.21 Å². The summed E-state index contributed by atoms with van der Waals surface area (Å²) in [4.78, 5) is 2.76. The Morgan fingerprint density at radius 2 is 1.58 bits per heavy atom. The Hall–Kier alpha value is -1.69. The Morgan fingerprint density at radius 1 is 0.846 bits per heavy atom. The zero-order valence-corrected chi connectivity index (χ0v) is 16.7. The molecule has 0 saturated carbocycles. The van der Waals surface area contributed by atoms with Crippen LogP contribution in [-0.2, 0) is 16.6 Å². The van der Waals surface area contributed by atoms with Gasteiger partial charge in [-0.2, -0.15) is 4.31 Å². The zero-order chi connectivity index (χ0) is 18.7. The highest BCUT2D eigenvalue weighted by Crippen LogP contribution is 2.21. The smallest absolute Gasteiger partial charge is 0.243 e. The summed E-state index contributed by atoms with van der Waals surface area (Å²) in [6, 6.07) is 14.0. The summed E-state index contributed by atoms with van der Waals surface area (Å²) in [5.41, 5.74) is 4.67. The monoisotopic (exact) mass is 372 g/mol. The van der Waals surface area contributed by atoms with Crippen LogP contribution in [0.2, 0.25) is 0 Å². The van der Waals surface area contributed by atoms with Crippen LogP contribution in [0.4, 0.5) is 0 Å². The van der Waals surface area contributed by atoms with Gasteiger partial charge in [0.1, 0.15) is 0 Å². The van der Waals surface area contributed by atoms with Crippen LogP contribution >= 0.6 is 0 Å². The van der Waals surface area contributed by atoms with E-state index in [1.807, 2.05) is 19.9 Å². The number of sulfonamides is 1. The van der Waals surface area contributed by atoms with Crippen LogP contribution in [0.1, 0.15) is 28.7 Å². The molecule has 0 aliphatic carbocycles. The Morgan fingerprint density at radius 3 is 2.27 bits per heavy atom. The Balaban J connectivity index is 1.69. The van der Waals surface area contributed by atoms with E-state index in [4.69, 9.17) is 0 Å². The highest BCUT2D eigenvalue weighted by atomic mass is 32.2. The second kappa shape index (κ2) is 7.91. The molecule has 0 radical (unpaired) electrons. The van der Waals surface area contributed by atoms with E-state index in [1.54, 1.807) is 16.4 Å². The van der Waals surface area contributed by atoms with E-state index in [9.17, 15) is 8.42 Å². The molecule has 2 aromatic carbocycles. The summed E-state index contributed by atoms with van der Waals surface area (Å²) in [7, 11) is -3.42. The van der Waals surface area contributed by atoms with Gasteiger partial charge in [-0.15, -0.1) is 0 Å². The zero-order valence-electron chi connectivity index (χ0n) is 15.9. The van der Waals surface area contributed by atoms with E-state index >= 15 is 0 Å². The Labute approximate surface area is 157 Å². The van der Waals surface area contributed by atoms with Crippen molar-refractivity contribution in [3.8, 4) is 0 Å². The molecule has 26 heavy (non-hydrogen) atoms. The van der Waals surface area contributed by atoms with Crippen molar-refractivity contribution < 1.29 is 8.42 Å². The summed E-state index contributed by atoms with van der Waals surface area (Å²) in [6.07, 6.45) is 0.857. The third-order valence-electron chi connectivity index (χ3n) is 5.19. The number of nitrogens with zero attached hydrogens (tertiary/aromatic N) is 2. The maximum atomic E-state index is 13.0. The molecule has 1 aliphatic rings. The predicted octanol–water partition coefficient (Wildman–Crippen LogP) is 3.51. The van der Waals surface area contributed by atoms with Crippen molar-refractivity contribution in [3.05, 3.63) is 64.7 Å². The minimum Gasteiger partial charge on any atom is -0.298 e. The van der Waals surface area contributed by atoms with E-state index in [0.29, 0.717) is 18.0 Å². The van der Waals surface area contributed by atoms with Gasteiger partial charge in [0.25, 0.3) is 0 Å². The molecule has 2 aromatic rings. The van der Waals surface area contributed by atoms with E-state index < -0.39 is 10.0 Å². The molecule has 140 valence electrons. The maximum absolute atomic E-state index is 13.0. The molecule has 3 rings (SSSR count). The SMILES string of the molecule is Cc1ccc(CN2CCCN(S(=O)(=O)c3ccc(C)c(C)c3)CC2)cc1. The predicted molar refractivity (Wildman–Crippen MR) is 106 cm³/mol. The van der Waals surface area contributed by atoms with Gasteiger partial charge in [0.05, 0.1) is 4.90 Å². The maximum Gasteiger partial charge on any atom is 0.243 e. The quantitative estimate of drug-likeness (QED) is 0.825. The largest absolute Gasteiger partial charge is 0.298 e. The van der Waals surface area contributed by atoms with Gasteiger partial charge in [0.15, 0.2) is 0 Å². The highest BCUT2D eigenvalue weighted by Gasteiger charge is 2.27. The molecule has 1 saturated heterocycles. The number of benzene rings is 2. The summed E-state index contributed by atoms with van der Waals surface area (Å²) in [5, 5.41) is 0. The molecule has 1 aliphatic heterocycles. The van der Waals surface area contributed by atoms with E-state index in [1.165, 1.54) is 11.1 Å². The molecule has 4 nitrogen and oxygen atoms in total. The van der Waals surface area contributed by atoms with Crippen molar-refractivity contribution in [2.45, 2.75) is 38.6 Å². The van der Waals surface area contributed by atoms with E-state index in [0.717, 1.165) is 37.2 Å². The molecule has 0 bridgehead atoms. The lowest BCUT2D eigenvalue weighted by molar-refractivity contribution is 0.278. The van der Waals surface area contributed by atoms with Crippen LogP contribution in [0.25, 0.3) is 0 Å². The Bertz CT molecular complexity index is 860. The lowest BCUT2D eigenvalue weighted by atomic mass is 10.1. The minimum absolute atomic E-state index is 0.410. The van der Waals surface area contributed by atoms with Gasteiger partial charge >= 0.3 is 0 Å². The topological polar surface area (TPSA) is 40.6 Å². The highest BCUT2D eigenvalue weighted by molar-refractivity contribution is 7.89. The molecular weight excluding hydrogens is 344 g/mol. The second-order valence-electron chi connectivity index (χ2n) is 7.27. The van der Waals surface area contributed by atoms with Crippen LogP contribution < -0.4 is 0 Å². The van der Waals surface area contributed by atoms with Crippen molar-refractivity contribution >= 4 is 10.0 Å². The molecule has 0 atom stereocenters. The number of aryl methyl sites for hydroxylation is 3. The van der Waals surface area contributed by atoms with Crippen molar-refractivity contribution in [2.75, 3.05) is 26.2 Å². The van der Waals surface area contributed by atoms with Gasteiger partial charge in [-0.1, -0.05) is 35.9 Å². The van der Waals surface area contributed by atoms with Crippen LogP contribution in [-0.4, -0.2) is 43.8 Å². The minimum atomic E-state index is -3.42. The van der Waals surface area contributed by atoms with Gasteiger partial charge < -0.3 is 0 Å². The molecular formula is C21H28N2O2S. The molecule has 0 N–H and O–H groups in total. The van der Waals surface area contributed by atoms with Gasteiger partial charge in [-0.25, -0.2) is 8.42 Å². The average molecular weight is 373 g/mol. The first-order valence-electron chi connectivity index (χ1n) is 9.21. The number of hydrogen-bond acceptors (Lipinski definition) is 3. The lowest BCUT2D eigenvalue weighted by Gasteiger charge is -2.22. The number of rotatable bonds is 4. The first-order chi connectivity index (χ1) is 12.4. The molecule has 1 heterocycles. The fourth-order valence-corrected chi connectivity index (χ4v) is 4.88. The Kier molecular flexibility index (Phi) is 5.80. The van der Waals surface area contributed by atoms with Gasteiger partial charge in [0, 0.05) is 26.2 Å². The fourth-order valence-electron chi connectivity index (χ4n) is 3.32. The molecule has 1 fully saturated rings. The summed E-state index contributed by atoms with van der Waals surface area (Å²) < 4.78 is 27.7. The molecule has 0 spiro atoms. The second-order valence-corrected chi connectivity index (χ2v) is 9.20. The van der Waals surface area contributed by atoms with Crippen LogP contribution in [0.3, 0.4) is 0 Å². The molecule has 0 aromatic heterocycles. The lowest BCUT2D eigenvalue weighted by Crippen LogP contribution is -2.35. The summed E-state index contributed by atoms with van der Waals surface area (Å²) >= 11 is 0. The number of hydrogen-bond donors (Lipinski definition) is 0. The first-order valence-corrected chi connectivity index (χ1v) is 10.7. The van der Waals surface area contributed by atoms with Crippen molar-refractivity contribution in [1.29, 1.82) is 0 Å². The molecule has 0 amide bonds. The standard InChI is InChI=1S/C21H28N2O2S/c1-17-5-8-20(9-6-17)16-22-11-4-12-23(14-13-22)26(24,25)21-10-7-18(2)19(3)15-21/h5-10,15H,4,11-14,16H2,1-3H3. The molecule has 0 unspecified atom stereocenters. The van der Waals surface area contributed by atoms with Gasteiger partial charge in [0.2, 0.25) is 10.0 Å². The van der Waals surface area contributed by atoms with Crippen LogP contribution in [0.5, 0.6) is 0 Å². The average Bonchev–Trinajstić information content (AvgIpc) is 2.85. The normalized spacial score (nSPS) is 17.2. The first kappa shape index (κ1) is 19.1. The third kappa shape index (κ3) is 4.34.